The fourth-order valence-electron chi connectivity index (χ4n) is 5.31. The van der Waals surface area contributed by atoms with Crippen LogP contribution in [0.1, 0.15) is 55.6 Å². The number of alkyl halides is 6. The summed E-state index contributed by atoms with van der Waals surface area (Å²) in [5.74, 6) is 0.306. The molecule has 2 nitrogen and oxygen atoms in total. The Morgan fingerprint density at radius 3 is 2.21 bits per heavy atom. The molecule has 0 radical (unpaired) electrons. The summed E-state index contributed by atoms with van der Waals surface area (Å²) < 4.78 is 79.7. The van der Waals surface area contributed by atoms with Crippen molar-refractivity contribution >= 4 is 5.69 Å². The van der Waals surface area contributed by atoms with Crippen molar-refractivity contribution in [1.82, 2.24) is 0 Å². The summed E-state index contributed by atoms with van der Waals surface area (Å²) in [6.45, 7) is 0. The second kappa shape index (κ2) is 6.93. The van der Waals surface area contributed by atoms with Crippen molar-refractivity contribution in [3.8, 4) is 0 Å². The maximum Gasteiger partial charge on any atom is 0.430 e. The fraction of sp³-hybridized carbons (Fsp3) is 0.619. The van der Waals surface area contributed by atoms with Gasteiger partial charge in [-0.2, -0.15) is 26.3 Å². The Bertz CT molecular complexity index is 779. The molecule has 1 aliphatic heterocycles. The third kappa shape index (κ3) is 3.23. The fourth-order valence-corrected chi connectivity index (χ4v) is 5.31. The van der Waals surface area contributed by atoms with E-state index in [9.17, 15) is 31.4 Å². The molecule has 160 valence electrons. The average Bonchev–Trinajstić information content (AvgIpc) is 3.15. The molecule has 1 saturated carbocycles. The number of hydrogen-bond acceptors (Lipinski definition) is 2. The van der Waals surface area contributed by atoms with Crippen LogP contribution in [0.15, 0.2) is 30.4 Å². The third-order valence-electron chi connectivity index (χ3n) is 6.80. The maximum atomic E-state index is 13.3. The normalized spacial score (nSPS) is 28.0. The minimum atomic E-state index is -5.88. The van der Waals surface area contributed by atoms with Crippen molar-refractivity contribution < 1.29 is 31.4 Å². The minimum absolute atomic E-state index is 0.103. The second-order valence-electron chi connectivity index (χ2n) is 8.43. The van der Waals surface area contributed by atoms with Crippen LogP contribution in [0.25, 0.3) is 0 Å². The first-order valence-corrected chi connectivity index (χ1v) is 9.97. The van der Waals surface area contributed by atoms with E-state index in [1.54, 1.807) is 0 Å². The zero-order chi connectivity index (χ0) is 21.0. The number of anilines is 1. The van der Waals surface area contributed by atoms with Gasteiger partial charge in [0.05, 0.1) is 0 Å². The minimum Gasteiger partial charge on any atom is -0.381 e. The van der Waals surface area contributed by atoms with E-state index in [0.29, 0.717) is 17.2 Å². The predicted molar refractivity (Wildman–Crippen MR) is 96.4 cm³/mol. The van der Waals surface area contributed by atoms with Crippen LogP contribution >= 0.6 is 0 Å². The summed E-state index contributed by atoms with van der Waals surface area (Å²) in [6, 6.07) is 3.03. The van der Waals surface area contributed by atoms with Crippen LogP contribution in [0.3, 0.4) is 0 Å². The Labute approximate surface area is 165 Å². The number of rotatable bonds is 2. The Morgan fingerprint density at radius 1 is 0.931 bits per heavy atom. The van der Waals surface area contributed by atoms with E-state index in [1.807, 2.05) is 12.2 Å². The molecule has 0 amide bonds. The Balaban J connectivity index is 1.74. The third-order valence-corrected chi connectivity index (χ3v) is 6.80. The monoisotopic (exact) mass is 419 g/mol. The molecule has 3 aliphatic rings. The van der Waals surface area contributed by atoms with Gasteiger partial charge in [-0.1, -0.05) is 37.5 Å². The van der Waals surface area contributed by atoms with E-state index in [0.717, 1.165) is 44.2 Å². The lowest BCUT2D eigenvalue weighted by molar-refractivity contribution is -0.376. The van der Waals surface area contributed by atoms with Crippen molar-refractivity contribution in [2.45, 2.75) is 68.4 Å². The van der Waals surface area contributed by atoms with E-state index >= 15 is 0 Å². The Hall–Kier alpha value is -1.70. The number of aliphatic hydroxyl groups is 1. The molecule has 1 fully saturated rings. The maximum absolute atomic E-state index is 13.3. The van der Waals surface area contributed by atoms with Gasteiger partial charge in [0.2, 0.25) is 0 Å². The zero-order valence-electron chi connectivity index (χ0n) is 15.7. The molecule has 29 heavy (non-hydrogen) atoms. The summed E-state index contributed by atoms with van der Waals surface area (Å²) in [6.07, 6.45) is -1.54. The smallest absolute Gasteiger partial charge is 0.381 e. The highest BCUT2D eigenvalue weighted by molar-refractivity contribution is 5.60. The number of fused-ring (bicyclic) bond motifs is 3. The van der Waals surface area contributed by atoms with Gasteiger partial charge < -0.3 is 10.4 Å². The largest absolute Gasteiger partial charge is 0.430 e. The molecule has 3 atom stereocenters. The van der Waals surface area contributed by atoms with Crippen LogP contribution in [0, 0.1) is 11.8 Å². The molecule has 1 heterocycles. The van der Waals surface area contributed by atoms with Gasteiger partial charge in [-0.3, -0.25) is 0 Å². The van der Waals surface area contributed by atoms with Gasteiger partial charge in [0.25, 0.3) is 5.60 Å². The van der Waals surface area contributed by atoms with Gasteiger partial charge in [-0.25, -0.2) is 0 Å². The van der Waals surface area contributed by atoms with Crippen molar-refractivity contribution in [2.75, 3.05) is 5.32 Å². The molecule has 0 saturated heterocycles. The van der Waals surface area contributed by atoms with E-state index in [2.05, 4.69) is 5.32 Å². The Morgan fingerprint density at radius 2 is 1.59 bits per heavy atom. The molecule has 0 bridgehead atoms. The van der Waals surface area contributed by atoms with Crippen LogP contribution in [-0.4, -0.2) is 23.5 Å². The molecule has 0 spiro atoms. The van der Waals surface area contributed by atoms with Gasteiger partial charge in [-0.05, 0) is 48.8 Å². The van der Waals surface area contributed by atoms with Gasteiger partial charge >= 0.3 is 12.4 Å². The summed E-state index contributed by atoms with van der Waals surface area (Å²) in [5, 5.41) is 13.2. The summed E-state index contributed by atoms with van der Waals surface area (Å²) in [4.78, 5) is 0. The summed E-state index contributed by atoms with van der Waals surface area (Å²) >= 11 is 0. The lowest BCUT2D eigenvalue weighted by Crippen LogP contribution is -2.54. The molecule has 2 N–H and O–H groups in total. The lowest BCUT2D eigenvalue weighted by atomic mass is 9.70. The summed E-state index contributed by atoms with van der Waals surface area (Å²) in [7, 11) is 0. The number of hydrogen-bond donors (Lipinski definition) is 2. The molecule has 8 heteroatoms. The van der Waals surface area contributed by atoms with Gasteiger partial charge in [0.15, 0.2) is 0 Å². The molecular formula is C21H23F6NO. The van der Waals surface area contributed by atoms with Crippen LogP contribution in [0.4, 0.5) is 32.0 Å². The highest BCUT2D eigenvalue weighted by Gasteiger charge is 2.71. The van der Waals surface area contributed by atoms with Gasteiger partial charge in [0.1, 0.15) is 0 Å². The number of nitrogens with one attached hydrogen (secondary N) is 1. The summed E-state index contributed by atoms with van der Waals surface area (Å²) in [5.41, 5.74) is -5.13. The first kappa shape index (κ1) is 20.6. The van der Waals surface area contributed by atoms with Crippen LogP contribution in [0.2, 0.25) is 0 Å². The molecule has 4 rings (SSSR count). The van der Waals surface area contributed by atoms with Crippen molar-refractivity contribution in [1.29, 1.82) is 0 Å². The van der Waals surface area contributed by atoms with Crippen molar-refractivity contribution in [3.63, 3.8) is 0 Å². The average molecular weight is 419 g/mol. The predicted octanol–water partition coefficient (Wildman–Crippen LogP) is 6.03. The van der Waals surface area contributed by atoms with E-state index < -0.39 is 23.5 Å². The van der Waals surface area contributed by atoms with Gasteiger partial charge in [-0.15, -0.1) is 0 Å². The lowest BCUT2D eigenvalue weighted by Gasteiger charge is -2.43. The molecule has 3 unspecified atom stereocenters. The first-order chi connectivity index (χ1) is 13.5. The molecule has 2 aliphatic carbocycles. The topological polar surface area (TPSA) is 32.3 Å². The van der Waals surface area contributed by atoms with Crippen LogP contribution in [-0.2, 0) is 5.60 Å². The van der Waals surface area contributed by atoms with Crippen LogP contribution < -0.4 is 5.32 Å². The molecular weight excluding hydrogens is 396 g/mol. The first-order valence-electron chi connectivity index (χ1n) is 9.97. The standard InChI is InChI=1S/C21H23F6NO/c22-20(23,24)19(29,21(25,26)27)13-9-10-17-16(11-13)14-7-4-8-15(14)18(28-17)12-5-2-1-3-6-12/h4,7,9-12,14-15,18,28-29H,1-3,5-6,8H2. The van der Waals surface area contributed by atoms with E-state index in [4.69, 9.17) is 0 Å². The molecule has 0 aromatic heterocycles. The molecule has 1 aromatic carbocycles. The van der Waals surface area contributed by atoms with Gasteiger partial charge in [0, 0.05) is 23.2 Å². The van der Waals surface area contributed by atoms with Crippen LogP contribution in [0.5, 0.6) is 0 Å². The highest BCUT2D eigenvalue weighted by Crippen LogP contribution is 2.53. The van der Waals surface area contributed by atoms with E-state index in [1.165, 1.54) is 12.5 Å². The number of halogens is 6. The quantitative estimate of drug-likeness (QED) is 0.453. The number of allylic oxidation sites excluding steroid dienone is 2. The van der Waals surface area contributed by atoms with E-state index in [-0.39, 0.29) is 17.9 Å². The van der Waals surface area contributed by atoms with Crippen molar-refractivity contribution in [2.24, 2.45) is 11.8 Å². The SMILES string of the molecule is OC(c1ccc2c(c1)C1C=CCC1C(C1CCCCC1)N2)(C(F)(F)F)C(F)(F)F. The Kier molecular flexibility index (Phi) is 4.91. The second-order valence-corrected chi connectivity index (χ2v) is 8.43. The highest BCUT2D eigenvalue weighted by atomic mass is 19.4. The molecule has 1 aromatic rings. The van der Waals surface area contributed by atoms with Crippen molar-refractivity contribution in [3.05, 3.63) is 41.5 Å². The zero-order valence-corrected chi connectivity index (χ0v) is 15.7. The number of benzene rings is 1.